The van der Waals surface area contributed by atoms with Crippen molar-refractivity contribution in [2.24, 2.45) is 10.3 Å². The van der Waals surface area contributed by atoms with E-state index >= 15 is 0 Å². The van der Waals surface area contributed by atoms with Gasteiger partial charge < -0.3 is 0 Å². The van der Waals surface area contributed by atoms with Crippen molar-refractivity contribution in [2.75, 3.05) is 6.67 Å². The van der Waals surface area contributed by atoms with Crippen molar-refractivity contribution in [3.8, 4) is 0 Å². The highest BCUT2D eigenvalue weighted by atomic mass is 15.8. The van der Waals surface area contributed by atoms with Crippen molar-refractivity contribution >= 4 is 0 Å². The molecule has 44 valence electrons. The van der Waals surface area contributed by atoms with Gasteiger partial charge in [0, 0.05) is 6.04 Å². The molecule has 0 amide bonds. The first-order valence-electron chi connectivity index (χ1n) is 2.85. The molecule has 1 saturated carbocycles. The summed E-state index contributed by atoms with van der Waals surface area (Å²) in [6, 6.07) is 0.727. The van der Waals surface area contributed by atoms with Crippen LogP contribution < -0.4 is 5.53 Å². The quantitative estimate of drug-likeness (QED) is 0.529. The summed E-state index contributed by atoms with van der Waals surface area (Å²) in [5.41, 5.74) is 2.81. The lowest BCUT2D eigenvalue weighted by atomic mass is 10.7. The molecule has 1 N–H and O–H groups in total. The number of hydrazine groups is 1. The maximum atomic E-state index is 3.77. The maximum absolute atomic E-state index is 3.77. The van der Waals surface area contributed by atoms with Crippen molar-refractivity contribution in [1.29, 1.82) is 0 Å². The first-order valence-corrected chi connectivity index (χ1v) is 2.85. The van der Waals surface area contributed by atoms with Crippen LogP contribution in [0.25, 0.3) is 0 Å². The van der Waals surface area contributed by atoms with Crippen LogP contribution in [0, 0.1) is 0 Å². The Balaban J connectivity index is 1.90. The van der Waals surface area contributed by atoms with E-state index in [1.54, 1.807) is 0 Å². The molecule has 1 aliphatic carbocycles. The minimum Gasteiger partial charge on any atom is -0.220 e. The Hall–Kier alpha value is -0.640. The molecule has 0 aromatic rings. The molecule has 2 rings (SSSR count). The minimum absolute atomic E-state index is 0.727. The van der Waals surface area contributed by atoms with E-state index < -0.39 is 0 Å². The molecule has 0 saturated heterocycles. The van der Waals surface area contributed by atoms with Crippen molar-refractivity contribution in [3.05, 3.63) is 0 Å². The van der Waals surface area contributed by atoms with Crippen LogP contribution in [0.3, 0.4) is 0 Å². The highest BCUT2D eigenvalue weighted by Crippen LogP contribution is 2.25. The molecule has 0 bridgehead atoms. The second-order valence-corrected chi connectivity index (χ2v) is 2.18. The highest BCUT2D eigenvalue weighted by Gasteiger charge is 2.30. The van der Waals surface area contributed by atoms with Gasteiger partial charge in [0.2, 0.25) is 0 Å². The Morgan fingerprint density at radius 3 is 2.88 bits per heavy atom. The number of rotatable bonds is 1. The zero-order valence-corrected chi connectivity index (χ0v) is 4.54. The monoisotopic (exact) mass is 112 g/mol. The van der Waals surface area contributed by atoms with Crippen LogP contribution in [0.15, 0.2) is 10.3 Å². The van der Waals surface area contributed by atoms with Gasteiger partial charge in [-0.15, -0.1) is 0 Å². The lowest BCUT2D eigenvalue weighted by Crippen LogP contribution is -2.31. The number of nitrogens with one attached hydrogen (secondary N) is 1. The third-order valence-electron chi connectivity index (χ3n) is 1.45. The molecule has 1 fully saturated rings. The van der Waals surface area contributed by atoms with E-state index in [1.807, 2.05) is 0 Å². The Bertz CT molecular complexity index is 109. The van der Waals surface area contributed by atoms with Gasteiger partial charge in [0.05, 0.1) is 0 Å². The third kappa shape index (κ3) is 0.571. The first kappa shape index (κ1) is 4.26. The molecule has 4 nitrogen and oxygen atoms in total. The van der Waals surface area contributed by atoms with Gasteiger partial charge in [-0.3, -0.25) is 0 Å². The molecule has 0 aromatic heterocycles. The number of nitrogens with zero attached hydrogens (tertiary/aromatic N) is 3. The molecule has 1 aliphatic heterocycles. The lowest BCUT2D eigenvalue weighted by molar-refractivity contribution is 0.226. The van der Waals surface area contributed by atoms with Gasteiger partial charge in [-0.1, -0.05) is 5.22 Å². The van der Waals surface area contributed by atoms with Crippen molar-refractivity contribution in [3.63, 3.8) is 0 Å². The molecule has 0 spiro atoms. The van der Waals surface area contributed by atoms with Crippen LogP contribution in [-0.2, 0) is 0 Å². The summed E-state index contributed by atoms with van der Waals surface area (Å²) < 4.78 is 0. The standard InChI is InChI=1S/C4H8N4/c1-2-4(1)8-3-5-6-7-8/h4H,1-3H2,(H,5,7). The number of hydrogen-bond acceptors (Lipinski definition) is 4. The van der Waals surface area contributed by atoms with Gasteiger partial charge in [0.1, 0.15) is 6.67 Å². The van der Waals surface area contributed by atoms with Gasteiger partial charge in [-0.25, -0.2) is 5.53 Å². The summed E-state index contributed by atoms with van der Waals surface area (Å²) in [7, 11) is 0. The van der Waals surface area contributed by atoms with Gasteiger partial charge >= 0.3 is 0 Å². The Labute approximate surface area is 47.5 Å². The van der Waals surface area contributed by atoms with Crippen molar-refractivity contribution in [2.45, 2.75) is 18.9 Å². The molecule has 0 aromatic carbocycles. The van der Waals surface area contributed by atoms with Crippen LogP contribution in [0.4, 0.5) is 0 Å². The fourth-order valence-corrected chi connectivity index (χ4v) is 0.804. The summed E-state index contributed by atoms with van der Waals surface area (Å²) in [5.74, 6) is 0. The van der Waals surface area contributed by atoms with Crippen LogP contribution in [-0.4, -0.2) is 17.7 Å². The lowest BCUT2D eigenvalue weighted by Gasteiger charge is -2.08. The summed E-state index contributed by atoms with van der Waals surface area (Å²) in [4.78, 5) is 0. The third-order valence-corrected chi connectivity index (χ3v) is 1.45. The smallest absolute Gasteiger partial charge is 0.133 e. The largest absolute Gasteiger partial charge is 0.220 e. The molecule has 1 heterocycles. The first-order chi connectivity index (χ1) is 3.97. The van der Waals surface area contributed by atoms with E-state index in [-0.39, 0.29) is 0 Å². The summed E-state index contributed by atoms with van der Waals surface area (Å²) in [6.45, 7) is 0.741. The molecule has 2 aliphatic rings. The molecule has 8 heavy (non-hydrogen) atoms. The predicted molar refractivity (Wildman–Crippen MR) is 27.7 cm³/mol. The van der Waals surface area contributed by atoms with Gasteiger partial charge in [-0.2, -0.15) is 10.1 Å². The van der Waals surface area contributed by atoms with Gasteiger partial charge in [-0.05, 0) is 12.8 Å². The molecular weight excluding hydrogens is 104 g/mol. The second-order valence-electron chi connectivity index (χ2n) is 2.18. The van der Waals surface area contributed by atoms with Crippen molar-refractivity contribution < 1.29 is 0 Å². The normalized spacial score (nSPS) is 28.5. The maximum Gasteiger partial charge on any atom is 0.133 e. The summed E-state index contributed by atoms with van der Waals surface area (Å²) in [6.07, 6.45) is 2.61. The van der Waals surface area contributed by atoms with Gasteiger partial charge in [0.25, 0.3) is 0 Å². The molecular formula is C4H8N4. The Morgan fingerprint density at radius 2 is 2.38 bits per heavy atom. The Kier molecular flexibility index (Phi) is 0.754. The average Bonchev–Trinajstić information content (AvgIpc) is 2.49. The van der Waals surface area contributed by atoms with E-state index in [1.165, 1.54) is 12.8 Å². The molecule has 0 unspecified atom stereocenters. The minimum atomic E-state index is 0.727. The fourth-order valence-electron chi connectivity index (χ4n) is 0.804. The van der Waals surface area contributed by atoms with E-state index in [0.717, 1.165) is 12.7 Å². The van der Waals surface area contributed by atoms with E-state index in [0.29, 0.717) is 0 Å². The van der Waals surface area contributed by atoms with Crippen LogP contribution >= 0.6 is 0 Å². The average molecular weight is 112 g/mol. The SMILES string of the molecule is C1CC1N1CN=NN1. The molecule has 0 atom stereocenters. The molecule has 4 heteroatoms. The highest BCUT2D eigenvalue weighted by molar-refractivity contribution is 4.82. The van der Waals surface area contributed by atoms with Crippen LogP contribution in [0.5, 0.6) is 0 Å². The van der Waals surface area contributed by atoms with Crippen LogP contribution in [0.2, 0.25) is 0 Å². The number of hydrogen-bond donors (Lipinski definition) is 1. The van der Waals surface area contributed by atoms with Gasteiger partial charge in [0.15, 0.2) is 0 Å². The Morgan fingerprint density at radius 1 is 1.50 bits per heavy atom. The second kappa shape index (κ2) is 1.42. The van der Waals surface area contributed by atoms with Crippen molar-refractivity contribution in [1.82, 2.24) is 10.5 Å². The van der Waals surface area contributed by atoms with E-state index in [9.17, 15) is 0 Å². The summed E-state index contributed by atoms with van der Waals surface area (Å²) in [5, 5.41) is 9.45. The van der Waals surface area contributed by atoms with E-state index in [4.69, 9.17) is 0 Å². The zero-order chi connectivity index (χ0) is 5.40. The zero-order valence-electron chi connectivity index (χ0n) is 4.54. The van der Waals surface area contributed by atoms with E-state index in [2.05, 4.69) is 20.9 Å². The molecule has 0 radical (unpaired) electrons. The fraction of sp³-hybridized carbons (Fsp3) is 1.00. The predicted octanol–water partition coefficient (Wildman–Crippen LogP) is 0.294. The topological polar surface area (TPSA) is 40.0 Å². The summed E-state index contributed by atoms with van der Waals surface area (Å²) >= 11 is 0. The van der Waals surface area contributed by atoms with Crippen LogP contribution in [0.1, 0.15) is 12.8 Å².